The van der Waals surface area contributed by atoms with Crippen LogP contribution in [0.1, 0.15) is 70.3 Å². The third-order valence-corrected chi connectivity index (χ3v) is 3.40. The van der Waals surface area contributed by atoms with Gasteiger partial charge in [0.05, 0.1) is 0 Å². The van der Waals surface area contributed by atoms with Crippen LogP contribution in [0.4, 0.5) is 0 Å². The molecule has 0 aliphatic heterocycles. The number of hydrogen-bond acceptors (Lipinski definition) is 1. The van der Waals surface area contributed by atoms with Gasteiger partial charge in [0.15, 0.2) is 0 Å². The number of unbranched alkanes of at least 4 members (excludes halogenated alkanes) is 7. The number of aromatic nitrogens is 1. The Morgan fingerprint density at radius 2 is 1.68 bits per heavy atom. The van der Waals surface area contributed by atoms with Crippen LogP contribution in [-0.2, 0) is 0 Å². The summed E-state index contributed by atoms with van der Waals surface area (Å²) in [4.78, 5) is 4.13. The SMILES string of the molecule is C=C(CCCCCCCCCC)c1cccnc1.Cl. The van der Waals surface area contributed by atoms with Crippen LogP contribution in [0.2, 0.25) is 0 Å². The predicted molar refractivity (Wildman–Crippen MR) is 87.7 cm³/mol. The largest absolute Gasteiger partial charge is 0.264 e. The van der Waals surface area contributed by atoms with Gasteiger partial charge in [-0.1, -0.05) is 64.5 Å². The second-order valence-electron chi connectivity index (χ2n) is 5.07. The van der Waals surface area contributed by atoms with E-state index in [-0.39, 0.29) is 12.4 Å². The predicted octanol–water partition coefficient (Wildman–Crippen LogP) is 6.05. The van der Waals surface area contributed by atoms with Gasteiger partial charge in [0, 0.05) is 12.4 Å². The Hall–Kier alpha value is -0.820. The van der Waals surface area contributed by atoms with E-state index in [2.05, 4.69) is 24.6 Å². The molecule has 0 atom stereocenters. The topological polar surface area (TPSA) is 12.9 Å². The molecule has 0 aliphatic carbocycles. The van der Waals surface area contributed by atoms with Gasteiger partial charge in [-0.3, -0.25) is 4.98 Å². The zero-order valence-corrected chi connectivity index (χ0v) is 13.1. The average molecular weight is 282 g/mol. The number of allylic oxidation sites excluding steroid dienone is 1. The van der Waals surface area contributed by atoms with Gasteiger partial charge in [-0.05, 0) is 30.0 Å². The van der Waals surface area contributed by atoms with E-state index in [1.54, 1.807) is 0 Å². The van der Waals surface area contributed by atoms with E-state index >= 15 is 0 Å². The summed E-state index contributed by atoms with van der Waals surface area (Å²) >= 11 is 0. The van der Waals surface area contributed by atoms with Crippen LogP contribution in [0.25, 0.3) is 5.57 Å². The molecular weight excluding hydrogens is 254 g/mol. The molecule has 0 aliphatic rings. The van der Waals surface area contributed by atoms with Crippen molar-refractivity contribution < 1.29 is 0 Å². The lowest BCUT2D eigenvalue weighted by atomic mass is 10.0. The highest BCUT2D eigenvalue weighted by Crippen LogP contribution is 2.18. The van der Waals surface area contributed by atoms with Gasteiger partial charge in [-0.25, -0.2) is 0 Å². The fourth-order valence-electron chi connectivity index (χ4n) is 2.19. The van der Waals surface area contributed by atoms with Gasteiger partial charge >= 0.3 is 0 Å². The second kappa shape index (κ2) is 12.2. The normalized spacial score (nSPS) is 9.95. The lowest BCUT2D eigenvalue weighted by Crippen LogP contribution is -1.86. The molecule has 1 aromatic heterocycles. The van der Waals surface area contributed by atoms with Gasteiger partial charge in [0.1, 0.15) is 0 Å². The van der Waals surface area contributed by atoms with E-state index in [9.17, 15) is 0 Å². The van der Waals surface area contributed by atoms with E-state index in [4.69, 9.17) is 0 Å². The minimum absolute atomic E-state index is 0. The molecule has 0 amide bonds. The van der Waals surface area contributed by atoms with E-state index in [0.717, 1.165) is 6.42 Å². The first-order valence-electron chi connectivity index (χ1n) is 7.42. The molecule has 108 valence electrons. The fraction of sp³-hybridized carbons (Fsp3) is 0.588. The average Bonchev–Trinajstić information content (AvgIpc) is 2.42. The van der Waals surface area contributed by atoms with Crippen LogP contribution in [0.15, 0.2) is 31.1 Å². The van der Waals surface area contributed by atoms with E-state index in [0.29, 0.717) is 0 Å². The van der Waals surface area contributed by atoms with Crippen molar-refractivity contribution in [1.82, 2.24) is 4.98 Å². The number of rotatable bonds is 10. The molecule has 0 N–H and O–H groups in total. The highest BCUT2D eigenvalue weighted by Gasteiger charge is 1.98. The Morgan fingerprint density at radius 1 is 1.05 bits per heavy atom. The smallest absolute Gasteiger partial charge is 0.0342 e. The molecule has 0 saturated heterocycles. The van der Waals surface area contributed by atoms with Crippen LogP contribution in [0, 0.1) is 0 Å². The van der Waals surface area contributed by atoms with Gasteiger partial charge in [-0.2, -0.15) is 0 Å². The van der Waals surface area contributed by atoms with Gasteiger partial charge < -0.3 is 0 Å². The van der Waals surface area contributed by atoms with Crippen molar-refractivity contribution in [2.24, 2.45) is 0 Å². The monoisotopic (exact) mass is 281 g/mol. The minimum atomic E-state index is 0. The van der Waals surface area contributed by atoms with Crippen molar-refractivity contribution in [3.8, 4) is 0 Å². The molecule has 19 heavy (non-hydrogen) atoms. The van der Waals surface area contributed by atoms with Gasteiger partial charge in [-0.15, -0.1) is 12.4 Å². The fourth-order valence-corrected chi connectivity index (χ4v) is 2.19. The molecule has 1 nitrogen and oxygen atoms in total. The molecule has 1 heterocycles. The first-order valence-corrected chi connectivity index (χ1v) is 7.42. The lowest BCUT2D eigenvalue weighted by molar-refractivity contribution is 0.579. The molecule has 0 bridgehead atoms. The van der Waals surface area contributed by atoms with Gasteiger partial charge in [0.2, 0.25) is 0 Å². The maximum absolute atomic E-state index is 4.14. The van der Waals surface area contributed by atoms with Crippen molar-refractivity contribution in [2.75, 3.05) is 0 Å². The second-order valence-corrected chi connectivity index (χ2v) is 5.07. The molecule has 0 fully saturated rings. The van der Waals surface area contributed by atoms with Crippen LogP contribution in [0.5, 0.6) is 0 Å². The molecule has 0 saturated carbocycles. The highest BCUT2D eigenvalue weighted by atomic mass is 35.5. The summed E-state index contributed by atoms with van der Waals surface area (Å²) in [7, 11) is 0. The Bertz CT molecular complexity index is 321. The molecule has 0 spiro atoms. The van der Waals surface area contributed by atoms with Crippen molar-refractivity contribution in [2.45, 2.75) is 64.7 Å². The molecule has 1 rings (SSSR count). The lowest BCUT2D eigenvalue weighted by Gasteiger charge is -2.05. The first kappa shape index (κ1) is 18.2. The van der Waals surface area contributed by atoms with Crippen molar-refractivity contribution in [3.63, 3.8) is 0 Å². The zero-order chi connectivity index (χ0) is 13.1. The number of pyridine rings is 1. The Kier molecular flexibility index (Phi) is 11.7. The highest BCUT2D eigenvalue weighted by molar-refractivity contribution is 5.85. The van der Waals surface area contributed by atoms with Gasteiger partial charge in [0.25, 0.3) is 0 Å². The Balaban J connectivity index is 0.00000324. The summed E-state index contributed by atoms with van der Waals surface area (Å²) in [6.07, 6.45) is 15.8. The summed E-state index contributed by atoms with van der Waals surface area (Å²) < 4.78 is 0. The standard InChI is InChI=1S/C17H27N.ClH/c1-3-4-5-6-7-8-9-10-12-16(2)17-13-11-14-18-15-17;/h11,13-15H,2-10,12H2,1H3;1H. The van der Waals surface area contributed by atoms with Crippen LogP contribution in [0.3, 0.4) is 0 Å². The summed E-state index contributed by atoms with van der Waals surface area (Å²) in [5, 5.41) is 0. The number of nitrogens with zero attached hydrogens (tertiary/aromatic N) is 1. The van der Waals surface area contributed by atoms with E-state index in [1.165, 1.54) is 62.5 Å². The van der Waals surface area contributed by atoms with Crippen molar-refractivity contribution in [1.29, 1.82) is 0 Å². The number of halogens is 1. The molecule has 2 heteroatoms. The maximum Gasteiger partial charge on any atom is 0.0342 e. The van der Waals surface area contributed by atoms with Crippen LogP contribution >= 0.6 is 12.4 Å². The third-order valence-electron chi connectivity index (χ3n) is 3.40. The Labute approximate surface area is 124 Å². The van der Waals surface area contributed by atoms with Crippen molar-refractivity contribution >= 4 is 18.0 Å². The molecule has 1 aromatic rings. The molecule has 0 aromatic carbocycles. The third kappa shape index (κ3) is 8.83. The van der Waals surface area contributed by atoms with E-state index in [1.807, 2.05) is 18.5 Å². The minimum Gasteiger partial charge on any atom is -0.264 e. The Morgan fingerprint density at radius 3 is 2.26 bits per heavy atom. The van der Waals surface area contributed by atoms with E-state index < -0.39 is 0 Å². The van der Waals surface area contributed by atoms with Crippen LogP contribution < -0.4 is 0 Å². The summed E-state index contributed by atoms with van der Waals surface area (Å²) in [6, 6.07) is 4.08. The zero-order valence-electron chi connectivity index (χ0n) is 12.2. The summed E-state index contributed by atoms with van der Waals surface area (Å²) in [5.74, 6) is 0. The quantitative estimate of drug-likeness (QED) is 0.476. The summed E-state index contributed by atoms with van der Waals surface area (Å²) in [6.45, 7) is 6.41. The molecular formula is C17H28ClN. The maximum atomic E-state index is 4.14. The summed E-state index contributed by atoms with van der Waals surface area (Å²) in [5.41, 5.74) is 2.43. The van der Waals surface area contributed by atoms with Crippen molar-refractivity contribution in [3.05, 3.63) is 36.7 Å². The molecule has 0 radical (unpaired) electrons. The first-order chi connectivity index (χ1) is 8.84. The van der Waals surface area contributed by atoms with Crippen LogP contribution in [-0.4, -0.2) is 4.98 Å². The number of hydrogen-bond donors (Lipinski definition) is 0. The molecule has 0 unspecified atom stereocenters.